The molecule has 2 aromatic carbocycles. The highest BCUT2D eigenvalue weighted by Crippen LogP contribution is 2.38. The number of benzene rings is 2. The number of rotatable bonds is 5. The number of halogens is 1. The maximum atomic E-state index is 14.2. The van der Waals surface area contributed by atoms with E-state index in [9.17, 15) is 9.18 Å². The van der Waals surface area contributed by atoms with Crippen LogP contribution in [0.1, 0.15) is 30.6 Å². The SMILES string of the molecule is CC(N)C1CCCN(C(=O)C(Sc2ccccc2F)c2ccccc2)C1. The maximum Gasteiger partial charge on any atom is 0.240 e. The molecule has 0 saturated carbocycles. The zero-order valence-electron chi connectivity index (χ0n) is 15.0. The van der Waals surface area contributed by atoms with Crippen molar-refractivity contribution < 1.29 is 9.18 Å². The molecule has 1 aliphatic heterocycles. The highest BCUT2D eigenvalue weighted by molar-refractivity contribution is 8.00. The highest BCUT2D eigenvalue weighted by atomic mass is 32.2. The van der Waals surface area contributed by atoms with E-state index in [2.05, 4.69) is 0 Å². The maximum absolute atomic E-state index is 14.2. The monoisotopic (exact) mass is 372 g/mol. The molecule has 3 unspecified atom stereocenters. The second-order valence-electron chi connectivity index (χ2n) is 6.88. The summed E-state index contributed by atoms with van der Waals surface area (Å²) < 4.78 is 14.2. The van der Waals surface area contributed by atoms with Crippen molar-refractivity contribution >= 4 is 17.7 Å². The predicted molar refractivity (Wildman–Crippen MR) is 104 cm³/mol. The van der Waals surface area contributed by atoms with Crippen LogP contribution in [0.5, 0.6) is 0 Å². The third kappa shape index (κ3) is 4.46. The number of nitrogens with two attached hydrogens (primary N) is 1. The predicted octanol–water partition coefficient (Wildman–Crippen LogP) is 4.24. The van der Waals surface area contributed by atoms with Gasteiger partial charge in [0, 0.05) is 24.0 Å². The third-order valence-corrected chi connectivity index (χ3v) is 6.22. The lowest BCUT2D eigenvalue weighted by Gasteiger charge is -2.36. The van der Waals surface area contributed by atoms with Crippen LogP contribution < -0.4 is 5.73 Å². The van der Waals surface area contributed by atoms with E-state index in [4.69, 9.17) is 5.73 Å². The lowest BCUT2D eigenvalue weighted by atomic mass is 9.92. The molecule has 0 aliphatic carbocycles. The van der Waals surface area contributed by atoms with Crippen LogP contribution in [0.15, 0.2) is 59.5 Å². The minimum atomic E-state index is -0.458. The normalized spacial score (nSPS) is 19.8. The van der Waals surface area contributed by atoms with Gasteiger partial charge in [-0.05, 0) is 43.4 Å². The average Bonchev–Trinajstić information content (AvgIpc) is 2.67. The van der Waals surface area contributed by atoms with E-state index in [0.717, 1.165) is 24.9 Å². The molecule has 1 amide bonds. The lowest BCUT2D eigenvalue weighted by molar-refractivity contribution is -0.132. The minimum Gasteiger partial charge on any atom is -0.341 e. The smallest absolute Gasteiger partial charge is 0.240 e. The number of carbonyl (C=O) groups is 1. The van der Waals surface area contributed by atoms with Gasteiger partial charge in [-0.1, -0.05) is 42.5 Å². The number of carbonyl (C=O) groups excluding carboxylic acids is 1. The Kier molecular flexibility index (Phi) is 6.33. The molecule has 0 aromatic heterocycles. The van der Waals surface area contributed by atoms with Crippen LogP contribution in [0, 0.1) is 11.7 Å². The molecule has 2 N–H and O–H groups in total. The molecular formula is C21H25FN2OS. The van der Waals surface area contributed by atoms with Gasteiger partial charge in [0.15, 0.2) is 0 Å². The Morgan fingerprint density at radius 3 is 2.58 bits per heavy atom. The summed E-state index contributed by atoms with van der Waals surface area (Å²) in [6.45, 7) is 3.42. The van der Waals surface area contributed by atoms with E-state index in [1.807, 2.05) is 42.2 Å². The molecule has 1 aliphatic rings. The molecule has 3 rings (SSSR count). The number of hydrogen-bond acceptors (Lipinski definition) is 3. The number of nitrogens with zero attached hydrogens (tertiary/aromatic N) is 1. The van der Waals surface area contributed by atoms with Crippen molar-refractivity contribution in [2.24, 2.45) is 11.7 Å². The van der Waals surface area contributed by atoms with Gasteiger partial charge in [-0.3, -0.25) is 4.79 Å². The molecule has 138 valence electrons. The first-order chi connectivity index (χ1) is 12.6. The van der Waals surface area contributed by atoms with Gasteiger partial charge in [0.05, 0.1) is 0 Å². The molecule has 3 atom stereocenters. The van der Waals surface area contributed by atoms with Crippen LogP contribution >= 0.6 is 11.8 Å². The molecule has 0 radical (unpaired) electrons. The Morgan fingerprint density at radius 2 is 1.88 bits per heavy atom. The van der Waals surface area contributed by atoms with Crippen molar-refractivity contribution in [3.63, 3.8) is 0 Å². The summed E-state index contributed by atoms with van der Waals surface area (Å²) >= 11 is 1.28. The van der Waals surface area contributed by atoms with E-state index in [1.165, 1.54) is 17.8 Å². The van der Waals surface area contributed by atoms with Crippen LogP contribution in [0.2, 0.25) is 0 Å². The van der Waals surface area contributed by atoms with E-state index in [-0.39, 0.29) is 17.8 Å². The molecule has 0 bridgehead atoms. The minimum absolute atomic E-state index is 0.0369. The second-order valence-corrected chi connectivity index (χ2v) is 8.03. The summed E-state index contributed by atoms with van der Waals surface area (Å²) in [7, 11) is 0. The zero-order valence-corrected chi connectivity index (χ0v) is 15.8. The van der Waals surface area contributed by atoms with Crippen LogP contribution in [0.4, 0.5) is 4.39 Å². The number of amides is 1. The largest absolute Gasteiger partial charge is 0.341 e. The molecular weight excluding hydrogens is 347 g/mol. The van der Waals surface area contributed by atoms with Gasteiger partial charge in [-0.15, -0.1) is 11.8 Å². The first kappa shape index (κ1) is 18.9. The quantitative estimate of drug-likeness (QED) is 0.799. The van der Waals surface area contributed by atoms with Crippen LogP contribution in [-0.4, -0.2) is 29.9 Å². The topological polar surface area (TPSA) is 46.3 Å². The fourth-order valence-corrected chi connectivity index (χ4v) is 4.50. The summed E-state index contributed by atoms with van der Waals surface area (Å²) in [5, 5.41) is -0.458. The van der Waals surface area contributed by atoms with Crippen molar-refractivity contribution in [1.29, 1.82) is 0 Å². The van der Waals surface area contributed by atoms with Crippen molar-refractivity contribution in [3.8, 4) is 0 Å². The first-order valence-corrected chi connectivity index (χ1v) is 9.94. The van der Waals surface area contributed by atoms with Gasteiger partial charge in [0.2, 0.25) is 5.91 Å². The molecule has 26 heavy (non-hydrogen) atoms. The zero-order chi connectivity index (χ0) is 18.5. The Hall–Kier alpha value is -1.85. The standard InChI is InChI=1S/C21H25FN2OS/c1-15(23)17-10-7-13-24(14-17)21(25)20(16-8-3-2-4-9-16)26-19-12-6-5-11-18(19)22/h2-6,8-9,11-12,15,17,20H,7,10,13-14,23H2,1H3. The molecule has 1 saturated heterocycles. The van der Waals surface area contributed by atoms with Gasteiger partial charge < -0.3 is 10.6 Å². The number of piperidine rings is 1. The summed E-state index contributed by atoms with van der Waals surface area (Å²) in [4.78, 5) is 15.7. The van der Waals surface area contributed by atoms with Gasteiger partial charge in [0.1, 0.15) is 11.1 Å². The van der Waals surface area contributed by atoms with Gasteiger partial charge in [-0.25, -0.2) is 4.39 Å². The second kappa shape index (κ2) is 8.69. The van der Waals surface area contributed by atoms with E-state index in [1.54, 1.807) is 18.2 Å². The summed E-state index contributed by atoms with van der Waals surface area (Å²) in [5.74, 6) is 0.0655. The van der Waals surface area contributed by atoms with Crippen molar-refractivity contribution in [2.75, 3.05) is 13.1 Å². The van der Waals surface area contributed by atoms with Crippen molar-refractivity contribution in [2.45, 2.75) is 36.0 Å². The Labute approximate surface area is 158 Å². The van der Waals surface area contributed by atoms with Crippen LogP contribution in [0.3, 0.4) is 0 Å². The van der Waals surface area contributed by atoms with Crippen molar-refractivity contribution in [1.82, 2.24) is 4.90 Å². The average molecular weight is 373 g/mol. The van der Waals surface area contributed by atoms with Crippen LogP contribution in [0.25, 0.3) is 0 Å². The first-order valence-electron chi connectivity index (χ1n) is 9.06. The molecule has 2 aromatic rings. The highest BCUT2D eigenvalue weighted by Gasteiger charge is 2.32. The summed E-state index contributed by atoms with van der Waals surface area (Å²) in [6, 6.07) is 16.3. The van der Waals surface area contributed by atoms with E-state index < -0.39 is 5.25 Å². The summed E-state index contributed by atoms with van der Waals surface area (Å²) in [5.41, 5.74) is 6.96. The molecule has 0 spiro atoms. The molecule has 1 heterocycles. The fraction of sp³-hybridized carbons (Fsp3) is 0.381. The van der Waals surface area contributed by atoms with E-state index in [0.29, 0.717) is 17.4 Å². The lowest BCUT2D eigenvalue weighted by Crippen LogP contribution is -2.46. The Morgan fingerprint density at radius 1 is 1.19 bits per heavy atom. The van der Waals surface area contributed by atoms with Gasteiger partial charge >= 0.3 is 0 Å². The number of thioether (sulfide) groups is 1. The molecule has 3 nitrogen and oxygen atoms in total. The summed E-state index contributed by atoms with van der Waals surface area (Å²) in [6.07, 6.45) is 2.02. The third-order valence-electron chi connectivity index (χ3n) is 4.92. The van der Waals surface area contributed by atoms with E-state index >= 15 is 0 Å². The molecule has 5 heteroatoms. The Bertz CT molecular complexity index is 738. The Balaban J connectivity index is 1.85. The van der Waals surface area contributed by atoms with Gasteiger partial charge in [-0.2, -0.15) is 0 Å². The number of likely N-dealkylation sites (tertiary alicyclic amines) is 1. The van der Waals surface area contributed by atoms with Crippen molar-refractivity contribution in [3.05, 3.63) is 66.0 Å². The molecule has 1 fully saturated rings. The number of hydrogen-bond donors (Lipinski definition) is 1. The van der Waals surface area contributed by atoms with Gasteiger partial charge in [0.25, 0.3) is 0 Å². The fourth-order valence-electron chi connectivity index (χ4n) is 3.36. The van der Waals surface area contributed by atoms with Crippen LogP contribution in [-0.2, 0) is 4.79 Å².